The van der Waals surface area contributed by atoms with Gasteiger partial charge in [-0.15, -0.1) is 0 Å². The number of nitrogens with two attached hydrogens (primary N) is 1. The van der Waals surface area contributed by atoms with Crippen LogP contribution >= 0.6 is 0 Å². The second-order valence-electron chi connectivity index (χ2n) is 6.00. The van der Waals surface area contributed by atoms with Crippen molar-refractivity contribution >= 4 is 17.1 Å². The Bertz CT molecular complexity index is 533. The largest absolute Gasteiger partial charge is 0.399 e. The molecule has 2 N–H and O–H groups in total. The molecule has 1 atom stereocenters. The molecule has 0 saturated carbocycles. The van der Waals surface area contributed by atoms with Gasteiger partial charge in [0, 0.05) is 23.1 Å². The second-order valence-corrected chi connectivity index (χ2v) is 6.00. The number of nitrogens with zero attached hydrogens (tertiary/aromatic N) is 1. The van der Waals surface area contributed by atoms with E-state index in [9.17, 15) is 0 Å². The summed E-state index contributed by atoms with van der Waals surface area (Å²) < 4.78 is 0. The summed E-state index contributed by atoms with van der Waals surface area (Å²) in [5.41, 5.74) is 9.11. The summed E-state index contributed by atoms with van der Waals surface area (Å²) >= 11 is 0. The molecule has 0 aromatic heterocycles. The molecule has 0 saturated heterocycles. The van der Waals surface area contributed by atoms with Crippen molar-refractivity contribution in [1.29, 1.82) is 0 Å². The topological polar surface area (TPSA) is 29.3 Å². The van der Waals surface area contributed by atoms with E-state index in [1.807, 2.05) is 12.1 Å². The maximum atomic E-state index is 5.84. The van der Waals surface area contributed by atoms with Gasteiger partial charge in [0.1, 0.15) is 0 Å². The number of para-hydroxylation sites is 1. The van der Waals surface area contributed by atoms with E-state index >= 15 is 0 Å². The fourth-order valence-corrected chi connectivity index (χ4v) is 2.88. The molecule has 0 heterocycles. The van der Waals surface area contributed by atoms with Crippen LogP contribution in [0.15, 0.2) is 54.6 Å². The lowest BCUT2D eigenvalue weighted by atomic mass is 10.1. The number of hydrogen-bond donors (Lipinski definition) is 1. The lowest BCUT2D eigenvalue weighted by Crippen LogP contribution is -2.28. The highest BCUT2D eigenvalue weighted by atomic mass is 15.2. The van der Waals surface area contributed by atoms with E-state index in [-0.39, 0.29) is 0 Å². The third-order valence-electron chi connectivity index (χ3n) is 4.12. The van der Waals surface area contributed by atoms with Gasteiger partial charge in [0.2, 0.25) is 0 Å². The molecule has 0 aliphatic heterocycles. The van der Waals surface area contributed by atoms with Gasteiger partial charge in [-0.3, -0.25) is 0 Å². The average Bonchev–Trinajstić information content (AvgIpc) is 2.55. The predicted octanol–water partition coefficient (Wildman–Crippen LogP) is 5.77. The fourth-order valence-electron chi connectivity index (χ4n) is 2.88. The van der Waals surface area contributed by atoms with Crippen LogP contribution in [0.5, 0.6) is 0 Å². The first-order valence-corrected chi connectivity index (χ1v) is 8.42. The molecule has 0 amide bonds. The molecule has 1 unspecified atom stereocenters. The van der Waals surface area contributed by atoms with Gasteiger partial charge < -0.3 is 10.6 Å². The van der Waals surface area contributed by atoms with Crippen LogP contribution in [0, 0.1) is 0 Å². The summed E-state index contributed by atoms with van der Waals surface area (Å²) in [6.45, 7) is 4.57. The molecule has 0 fully saturated rings. The number of nitrogen functional groups attached to an aromatic ring is 1. The number of unbranched alkanes of at least 4 members (excludes halogenated alkanes) is 3. The van der Waals surface area contributed by atoms with Crippen LogP contribution in [0.25, 0.3) is 0 Å². The third kappa shape index (κ3) is 4.52. The Morgan fingerprint density at radius 1 is 0.864 bits per heavy atom. The van der Waals surface area contributed by atoms with Crippen LogP contribution in [-0.2, 0) is 0 Å². The molecule has 2 nitrogen and oxygen atoms in total. The molecule has 0 aliphatic carbocycles. The van der Waals surface area contributed by atoms with E-state index in [1.165, 1.54) is 43.5 Å². The highest BCUT2D eigenvalue weighted by Crippen LogP contribution is 2.30. The van der Waals surface area contributed by atoms with Crippen LogP contribution in [0.3, 0.4) is 0 Å². The molecule has 2 aromatic carbocycles. The lowest BCUT2D eigenvalue weighted by molar-refractivity contribution is 0.567. The van der Waals surface area contributed by atoms with Crippen LogP contribution in [0.2, 0.25) is 0 Å². The van der Waals surface area contributed by atoms with E-state index in [4.69, 9.17) is 5.73 Å². The van der Waals surface area contributed by atoms with Crippen molar-refractivity contribution in [3.63, 3.8) is 0 Å². The van der Waals surface area contributed by atoms with Crippen molar-refractivity contribution < 1.29 is 0 Å². The third-order valence-corrected chi connectivity index (χ3v) is 4.12. The molecule has 118 valence electrons. The summed E-state index contributed by atoms with van der Waals surface area (Å²) in [7, 11) is 0. The summed E-state index contributed by atoms with van der Waals surface area (Å²) in [5, 5.41) is 0. The van der Waals surface area contributed by atoms with Crippen molar-refractivity contribution in [2.75, 3.05) is 10.6 Å². The van der Waals surface area contributed by atoms with Gasteiger partial charge in [0.25, 0.3) is 0 Å². The highest BCUT2D eigenvalue weighted by Gasteiger charge is 2.16. The Kier molecular flexibility index (Phi) is 6.32. The van der Waals surface area contributed by atoms with E-state index < -0.39 is 0 Å². The first kappa shape index (κ1) is 16.4. The minimum absolute atomic E-state index is 0.475. The van der Waals surface area contributed by atoms with Crippen molar-refractivity contribution in [2.45, 2.75) is 52.0 Å². The Labute approximate surface area is 135 Å². The van der Waals surface area contributed by atoms with Crippen molar-refractivity contribution in [1.82, 2.24) is 0 Å². The Balaban J connectivity index is 2.16. The Hall–Kier alpha value is -1.96. The van der Waals surface area contributed by atoms with Crippen LogP contribution < -0.4 is 10.6 Å². The summed E-state index contributed by atoms with van der Waals surface area (Å²) in [6, 6.07) is 19.3. The Morgan fingerprint density at radius 2 is 1.50 bits per heavy atom. The maximum Gasteiger partial charge on any atom is 0.0414 e. The molecular weight excluding hydrogens is 268 g/mol. The lowest BCUT2D eigenvalue weighted by Gasteiger charge is -2.32. The summed E-state index contributed by atoms with van der Waals surface area (Å²) in [4.78, 5) is 2.42. The van der Waals surface area contributed by atoms with Gasteiger partial charge >= 0.3 is 0 Å². The normalized spacial score (nSPS) is 12.1. The van der Waals surface area contributed by atoms with Crippen molar-refractivity contribution in [3.8, 4) is 0 Å². The number of rotatable bonds is 8. The highest BCUT2D eigenvalue weighted by molar-refractivity contribution is 5.65. The molecule has 2 rings (SSSR count). The van der Waals surface area contributed by atoms with Crippen LogP contribution in [-0.4, -0.2) is 6.04 Å². The zero-order chi connectivity index (χ0) is 15.8. The Morgan fingerprint density at radius 3 is 2.14 bits per heavy atom. The first-order chi connectivity index (χ1) is 10.7. The molecule has 0 aliphatic rings. The predicted molar refractivity (Wildman–Crippen MR) is 97.7 cm³/mol. The van der Waals surface area contributed by atoms with Gasteiger partial charge in [-0.05, 0) is 49.7 Å². The minimum Gasteiger partial charge on any atom is -0.399 e. The monoisotopic (exact) mass is 296 g/mol. The van der Waals surface area contributed by atoms with E-state index in [2.05, 4.69) is 61.2 Å². The minimum atomic E-state index is 0.475. The molecule has 0 bridgehead atoms. The molecule has 2 heteroatoms. The molecule has 0 spiro atoms. The van der Waals surface area contributed by atoms with Crippen molar-refractivity contribution in [2.24, 2.45) is 0 Å². The standard InChI is InChI=1S/C20H28N2/c1-3-4-5-7-10-17(2)22(19-11-8-6-9-12-19)20-15-13-18(21)14-16-20/h6,8-9,11-17H,3-5,7,10,21H2,1-2H3. The van der Waals surface area contributed by atoms with Gasteiger partial charge in [0.05, 0.1) is 0 Å². The number of anilines is 3. The van der Waals surface area contributed by atoms with E-state index in [0.29, 0.717) is 6.04 Å². The SMILES string of the molecule is CCCCCCC(C)N(c1ccccc1)c1ccc(N)cc1. The van der Waals surface area contributed by atoms with Gasteiger partial charge in [0.15, 0.2) is 0 Å². The summed E-state index contributed by atoms with van der Waals surface area (Å²) in [5.74, 6) is 0. The van der Waals surface area contributed by atoms with Crippen LogP contribution in [0.4, 0.5) is 17.1 Å². The van der Waals surface area contributed by atoms with E-state index in [0.717, 1.165) is 5.69 Å². The molecule has 2 aromatic rings. The first-order valence-electron chi connectivity index (χ1n) is 8.42. The quantitative estimate of drug-likeness (QED) is 0.495. The fraction of sp³-hybridized carbons (Fsp3) is 0.400. The zero-order valence-corrected chi connectivity index (χ0v) is 13.8. The number of benzene rings is 2. The zero-order valence-electron chi connectivity index (χ0n) is 13.8. The van der Waals surface area contributed by atoms with E-state index in [1.54, 1.807) is 0 Å². The van der Waals surface area contributed by atoms with Crippen molar-refractivity contribution in [3.05, 3.63) is 54.6 Å². The van der Waals surface area contributed by atoms with Gasteiger partial charge in [-0.1, -0.05) is 50.8 Å². The summed E-state index contributed by atoms with van der Waals surface area (Å²) in [6.07, 6.45) is 6.44. The second kappa shape index (κ2) is 8.47. The smallest absolute Gasteiger partial charge is 0.0414 e. The van der Waals surface area contributed by atoms with Gasteiger partial charge in [-0.2, -0.15) is 0 Å². The number of hydrogen-bond acceptors (Lipinski definition) is 2. The maximum absolute atomic E-state index is 5.84. The average molecular weight is 296 g/mol. The van der Waals surface area contributed by atoms with Crippen LogP contribution in [0.1, 0.15) is 46.0 Å². The molecule has 0 radical (unpaired) electrons. The molecule has 22 heavy (non-hydrogen) atoms. The molecular formula is C20H28N2. The van der Waals surface area contributed by atoms with Gasteiger partial charge in [-0.25, -0.2) is 0 Å².